The average molecular weight is 612 g/mol. The van der Waals surface area contributed by atoms with Gasteiger partial charge in [-0.1, -0.05) is 54.1 Å². The first-order valence-electron chi connectivity index (χ1n) is 13.0. The molecule has 13 heteroatoms. The van der Waals surface area contributed by atoms with Gasteiger partial charge in [-0.25, -0.2) is 9.37 Å². The van der Waals surface area contributed by atoms with E-state index in [1.165, 1.54) is 36.5 Å². The van der Waals surface area contributed by atoms with Crippen molar-refractivity contribution in [3.05, 3.63) is 128 Å². The van der Waals surface area contributed by atoms with Crippen LogP contribution in [-0.2, 0) is 4.79 Å². The Morgan fingerprint density at radius 3 is 2.64 bits per heavy atom. The molecule has 6 aromatic rings. The first-order chi connectivity index (χ1) is 21.3. The summed E-state index contributed by atoms with van der Waals surface area (Å²) in [5.74, 6) is -1.38. The summed E-state index contributed by atoms with van der Waals surface area (Å²) in [4.78, 5) is 41.6. The van der Waals surface area contributed by atoms with Crippen molar-refractivity contribution in [2.75, 3.05) is 11.9 Å². The number of hydrogen-bond donors (Lipinski definition) is 1. The average Bonchev–Trinajstić information content (AvgIpc) is 3.45. The van der Waals surface area contributed by atoms with Gasteiger partial charge < -0.3 is 14.5 Å². The molecule has 2 aromatic heterocycles. The molecular weight excluding hydrogens is 593 g/mol. The number of amides is 1. The number of nitrogens with zero attached hydrogens (tertiary/aromatic N) is 4. The van der Waals surface area contributed by atoms with Gasteiger partial charge >= 0.3 is 5.69 Å². The number of anilines is 1. The van der Waals surface area contributed by atoms with Crippen LogP contribution in [0.1, 0.15) is 5.56 Å². The maximum atomic E-state index is 13.9. The smallest absolute Gasteiger partial charge is 0.313 e. The van der Waals surface area contributed by atoms with Gasteiger partial charge in [0, 0.05) is 17.0 Å². The van der Waals surface area contributed by atoms with Crippen LogP contribution in [0.3, 0.4) is 0 Å². The maximum absolute atomic E-state index is 13.9. The molecule has 44 heavy (non-hydrogen) atoms. The Morgan fingerprint density at radius 2 is 1.84 bits per heavy atom. The minimum atomic E-state index is -0.757. The second-order valence-electron chi connectivity index (χ2n) is 9.39. The largest absolute Gasteiger partial charge is 0.476 e. The molecule has 0 atom stereocenters. The molecular formula is C31H19ClFN5O6. The zero-order chi connectivity index (χ0) is 30.8. The summed E-state index contributed by atoms with van der Waals surface area (Å²) in [5, 5.41) is 19.4. The number of para-hydroxylation sites is 3. The number of nitro benzene ring substituents is 1. The molecule has 0 bridgehead atoms. The van der Waals surface area contributed by atoms with Crippen LogP contribution in [0.5, 0.6) is 5.75 Å². The van der Waals surface area contributed by atoms with E-state index >= 15 is 0 Å². The van der Waals surface area contributed by atoms with E-state index in [-0.39, 0.29) is 33.6 Å². The van der Waals surface area contributed by atoms with E-state index in [1.807, 2.05) is 18.2 Å². The number of ether oxygens (including phenoxy) is 1. The van der Waals surface area contributed by atoms with E-state index in [4.69, 9.17) is 20.8 Å². The van der Waals surface area contributed by atoms with Crippen LogP contribution in [0.25, 0.3) is 33.5 Å². The van der Waals surface area contributed by atoms with E-state index in [0.29, 0.717) is 16.5 Å². The molecule has 218 valence electrons. The number of hydrogen-bond acceptors (Lipinski definition) is 8. The van der Waals surface area contributed by atoms with Crippen molar-refractivity contribution in [3.63, 3.8) is 0 Å². The summed E-state index contributed by atoms with van der Waals surface area (Å²) >= 11 is 6.33. The molecule has 0 aliphatic carbocycles. The van der Waals surface area contributed by atoms with Gasteiger partial charge in [0.15, 0.2) is 12.4 Å². The fourth-order valence-corrected chi connectivity index (χ4v) is 4.72. The van der Waals surface area contributed by atoms with E-state index < -0.39 is 34.5 Å². The molecule has 0 spiro atoms. The van der Waals surface area contributed by atoms with Gasteiger partial charge in [0.2, 0.25) is 11.6 Å². The number of halogens is 2. The Hall–Kier alpha value is -5.88. The molecule has 11 nitrogen and oxygen atoms in total. The number of nitrogens with one attached hydrogen (secondary N) is 1. The van der Waals surface area contributed by atoms with Crippen molar-refractivity contribution in [1.29, 1.82) is 0 Å². The monoisotopic (exact) mass is 611 g/mol. The lowest BCUT2D eigenvalue weighted by Gasteiger charge is -2.10. The molecule has 0 aliphatic heterocycles. The summed E-state index contributed by atoms with van der Waals surface area (Å²) in [6, 6.07) is 23.7. The quantitative estimate of drug-likeness (QED) is 0.119. The fraction of sp³-hybridized carbons (Fsp3) is 0.0323. The third kappa shape index (κ3) is 5.61. The van der Waals surface area contributed by atoms with Crippen LogP contribution in [0.4, 0.5) is 15.8 Å². The number of rotatable bonds is 8. The van der Waals surface area contributed by atoms with E-state index in [0.717, 1.165) is 16.1 Å². The number of carbonyl (C=O) groups excluding carboxylic acids is 1. The van der Waals surface area contributed by atoms with Crippen molar-refractivity contribution in [2.45, 2.75) is 0 Å². The molecule has 0 saturated carbocycles. The molecule has 2 heterocycles. The summed E-state index contributed by atoms with van der Waals surface area (Å²) in [6.45, 7) is -0.679. The van der Waals surface area contributed by atoms with Crippen LogP contribution in [-0.4, -0.2) is 33.3 Å². The van der Waals surface area contributed by atoms with Crippen molar-refractivity contribution >= 4 is 57.0 Å². The molecule has 1 amide bonds. The normalized spacial score (nSPS) is 11.3. The summed E-state index contributed by atoms with van der Waals surface area (Å²) in [6.07, 6.45) is 1.21. The highest BCUT2D eigenvalue weighted by molar-refractivity contribution is 6.32. The lowest BCUT2D eigenvalue weighted by atomic mass is 10.2. The predicted octanol–water partition coefficient (Wildman–Crippen LogP) is 6.41. The molecule has 0 saturated heterocycles. The molecule has 0 radical (unpaired) electrons. The molecule has 6 rings (SSSR count). The van der Waals surface area contributed by atoms with Crippen molar-refractivity contribution in [3.8, 4) is 17.3 Å². The second kappa shape index (κ2) is 11.8. The summed E-state index contributed by atoms with van der Waals surface area (Å²) in [5.41, 5.74) is 0.0386. The topological polar surface area (TPSA) is 142 Å². The van der Waals surface area contributed by atoms with Crippen molar-refractivity contribution < 1.29 is 23.3 Å². The Labute approximate surface area is 251 Å². The molecule has 1 N–H and O–H groups in total. The van der Waals surface area contributed by atoms with Gasteiger partial charge in [0.1, 0.15) is 11.4 Å². The third-order valence-electron chi connectivity index (χ3n) is 6.46. The van der Waals surface area contributed by atoms with Gasteiger partial charge in [-0.15, -0.1) is 0 Å². The highest BCUT2D eigenvalue weighted by Crippen LogP contribution is 2.36. The standard InChI is InChI=1S/C31H19ClFN5O6/c32-21-13-18(14-25(38(41)42)29(21)43-17-28(39)35-24-11-5-3-9-22(24)33)16-34-37-30(27-15-19-7-1-6-12-26(19)44-27)36-23-10-4-2-8-20(23)31(37)40/h1-16H,17H2,(H,35,39). The number of carbonyl (C=O) groups is 1. The van der Waals surface area contributed by atoms with Gasteiger partial charge in [0.05, 0.1) is 32.8 Å². The highest BCUT2D eigenvalue weighted by Gasteiger charge is 2.22. The number of furan rings is 1. The Morgan fingerprint density at radius 1 is 1.09 bits per heavy atom. The minimum Gasteiger partial charge on any atom is -0.476 e. The molecule has 0 unspecified atom stereocenters. The van der Waals surface area contributed by atoms with Crippen LogP contribution < -0.4 is 15.6 Å². The number of benzene rings is 4. The van der Waals surface area contributed by atoms with E-state index in [2.05, 4.69) is 15.4 Å². The van der Waals surface area contributed by atoms with Crippen molar-refractivity contribution in [2.24, 2.45) is 5.10 Å². The molecule has 0 fully saturated rings. The fourth-order valence-electron chi connectivity index (χ4n) is 4.45. The van der Waals surface area contributed by atoms with Crippen LogP contribution in [0.15, 0.2) is 105 Å². The van der Waals surface area contributed by atoms with Crippen molar-refractivity contribution in [1.82, 2.24) is 9.66 Å². The van der Waals surface area contributed by atoms with Crippen LogP contribution >= 0.6 is 11.6 Å². The summed E-state index contributed by atoms with van der Waals surface area (Å²) < 4.78 is 26.2. The predicted molar refractivity (Wildman–Crippen MR) is 163 cm³/mol. The number of nitro groups is 1. The van der Waals surface area contributed by atoms with Gasteiger partial charge in [-0.05, 0) is 42.5 Å². The first-order valence-corrected chi connectivity index (χ1v) is 13.4. The summed E-state index contributed by atoms with van der Waals surface area (Å²) in [7, 11) is 0. The third-order valence-corrected chi connectivity index (χ3v) is 6.74. The maximum Gasteiger partial charge on any atom is 0.313 e. The lowest BCUT2D eigenvalue weighted by molar-refractivity contribution is -0.385. The molecule has 4 aromatic carbocycles. The SMILES string of the molecule is O=C(COc1c(Cl)cc(C=Nn2c(-c3cc4ccccc4o3)nc3ccccc3c2=O)cc1[N+](=O)[O-])Nc1ccccc1F. The van der Waals surface area contributed by atoms with E-state index in [9.17, 15) is 24.1 Å². The van der Waals surface area contributed by atoms with Gasteiger partial charge in [-0.3, -0.25) is 19.7 Å². The van der Waals surface area contributed by atoms with Gasteiger partial charge in [0.25, 0.3) is 11.5 Å². The Kier molecular flexibility index (Phi) is 7.56. The highest BCUT2D eigenvalue weighted by atomic mass is 35.5. The van der Waals surface area contributed by atoms with Crippen LogP contribution in [0.2, 0.25) is 5.02 Å². The zero-order valence-corrected chi connectivity index (χ0v) is 23.2. The number of fused-ring (bicyclic) bond motifs is 2. The Balaban J connectivity index is 1.34. The van der Waals surface area contributed by atoms with Crippen LogP contribution in [0, 0.1) is 15.9 Å². The first kappa shape index (κ1) is 28.2. The molecule has 0 aliphatic rings. The minimum absolute atomic E-state index is 0.0753. The zero-order valence-electron chi connectivity index (χ0n) is 22.4. The van der Waals surface area contributed by atoms with E-state index in [1.54, 1.807) is 36.4 Å². The van der Waals surface area contributed by atoms with Gasteiger partial charge in [-0.2, -0.15) is 9.78 Å². The number of aromatic nitrogens is 2. The lowest BCUT2D eigenvalue weighted by Crippen LogP contribution is -2.21. The second-order valence-corrected chi connectivity index (χ2v) is 9.79. The Bertz CT molecular complexity index is 2140.